The molecule has 0 radical (unpaired) electrons. The minimum absolute atomic E-state index is 0.125. The van der Waals surface area contributed by atoms with Crippen molar-refractivity contribution in [1.29, 1.82) is 0 Å². The topological polar surface area (TPSA) is 84.3 Å². The average molecular weight is 422 g/mol. The molecule has 2 heterocycles. The van der Waals surface area contributed by atoms with Gasteiger partial charge in [-0.05, 0) is 19.1 Å². The van der Waals surface area contributed by atoms with Crippen molar-refractivity contribution in [2.45, 2.75) is 6.92 Å². The first kappa shape index (κ1) is 21.0. The van der Waals surface area contributed by atoms with Crippen molar-refractivity contribution in [1.82, 2.24) is 9.80 Å². The Morgan fingerprint density at radius 1 is 1.10 bits per heavy atom. The molecule has 2 amide bonds. The van der Waals surface area contributed by atoms with Gasteiger partial charge in [-0.15, -0.1) is 0 Å². The monoisotopic (exact) mass is 421 g/mol. The molecule has 1 aliphatic heterocycles. The Balaban J connectivity index is 1.54. The fraction of sp³-hybridized carbons (Fsp3) is 0.400. The van der Waals surface area contributed by atoms with Gasteiger partial charge in [0.2, 0.25) is 5.91 Å². The molecule has 1 aliphatic rings. The van der Waals surface area contributed by atoms with Gasteiger partial charge < -0.3 is 24.1 Å². The number of piperazine rings is 1. The van der Waals surface area contributed by atoms with Gasteiger partial charge in [-0.2, -0.15) is 0 Å². The summed E-state index contributed by atoms with van der Waals surface area (Å²) in [6.07, 6.45) is 0. The first-order chi connectivity index (χ1) is 13.9. The van der Waals surface area contributed by atoms with Crippen molar-refractivity contribution >= 4 is 29.1 Å². The van der Waals surface area contributed by atoms with Gasteiger partial charge in [0.1, 0.15) is 17.3 Å². The molecule has 1 saturated heterocycles. The molecule has 1 aromatic carbocycles. The standard InChI is InChI=1S/C20H24ClN3O5/c1-13-4-5-16(29-13)20(26)24-8-6-23(7-9-24)12-19(25)22-15-11-17(27-2)14(21)10-18(15)28-3/h4-5,10-11H,6-9,12H2,1-3H3,(H,22,25). The van der Waals surface area contributed by atoms with Gasteiger partial charge in [0, 0.05) is 38.3 Å². The first-order valence-corrected chi connectivity index (χ1v) is 9.58. The van der Waals surface area contributed by atoms with Crippen LogP contribution in [0, 0.1) is 6.92 Å². The minimum Gasteiger partial charge on any atom is -0.495 e. The largest absolute Gasteiger partial charge is 0.495 e. The van der Waals surface area contributed by atoms with Crippen LogP contribution in [-0.4, -0.2) is 68.6 Å². The number of nitrogens with one attached hydrogen (secondary N) is 1. The van der Waals surface area contributed by atoms with Crippen molar-refractivity contribution in [3.63, 3.8) is 0 Å². The van der Waals surface area contributed by atoms with Gasteiger partial charge in [0.25, 0.3) is 5.91 Å². The smallest absolute Gasteiger partial charge is 0.289 e. The van der Waals surface area contributed by atoms with Crippen LogP contribution in [0.15, 0.2) is 28.7 Å². The van der Waals surface area contributed by atoms with Crippen LogP contribution in [0.1, 0.15) is 16.3 Å². The molecular weight excluding hydrogens is 398 g/mol. The third kappa shape index (κ3) is 5.02. The zero-order chi connectivity index (χ0) is 21.0. The first-order valence-electron chi connectivity index (χ1n) is 9.20. The maximum absolute atomic E-state index is 12.5. The number of hydrogen-bond donors (Lipinski definition) is 1. The number of anilines is 1. The van der Waals surface area contributed by atoms with Gasteiger partial charge in [0.15, 0.2) is 5.76 Å². The lowest BCUT2D eigenvalue weighted by Gasteiger charge is -2.33. The van der Waals surface area contributed by atoms with Crippen LogP contribution < -0.4 is 14.8 Å². The molecule has 1 N–H and O–H groups in total. The fourth-order valence-corrected chi connectivity index (χ4v) is 3.40. The van der Waals surface area contributed by atoms with E-state index in [1.165, 1.54) is 14.2 Å². The van der Waals surface area contributed by atoms with E-state index in [0.29, 0.717) is 59.9 Å². The molecule has 0 unspecified atom stereocenters. The predicted octanol–water partition coefficient (Wildman–Crippen LogP) is 2.66. The Morgan fingerprint density at radius 2 is 1.79 bits per heavy atom. The van der Waals surface area contributed by atoms with Crippen LogP contribution in [0.4, 0.5) is 5.69 Å². The van der Waals surface area contributed by atoms with Crippen LogP contribution >= 0.6 is 11.6 Å². The van der Waals surface area contributed by atoms with E-state index in [1.54, 1.807) is 36.1 Å². The molecule has 0 spiro atoms. The summed E-state index contributed by atoms with van der Waals surface area (Å²) in [5.74, 6) is 1.64. The van der Waals surface area contributed by atoms with E-state index < -0.39 is 0 Å². The Labute approximate surface area is 174 Å². The van der Waals surface area contributed by atoms with Crippen LogP contribution in [0.5, 0.6) is 11.5 Å². The van der Waals surface area contributed by atoms with Crippen LogP contribution in [-0.2, 0) is 4.79 Å². The number of amides is 2. The number of hydrogen-bond acceptors (Lipinski definition) is 6. The Kier molecular flexibility index (Phi) is 6.66. The summed E-state index contributed by atoms with van der Waals surface area (Å²) in [4.78, 5) is 28.7. The highest BCUT2D eigenvalue weighted by Crippen LogP contribution is 2.35. The number of ether oxygens (including phenoxy) is 2. The van der Waals surface area contributed by atoms with Gasteiger partial charge in [-0.25, -0.2) is 0 Å². The second-order valence-corrected chi connectivity index (χ2v) is 7.12. The molecule has 1 aromatic heterocycles. The molecular formula is C20H24ClN3O5. The van der Waals surface area contributed by atoms with E-state index in [0.717, 1.165) is 0 Å². The van der Waals surface area contributed by atoms with E-state index >= 15 is 0 Å². The van der Waals surface area contributed by atoms with Crippen molar-refractivity contribution in [2.24, 2.45) is 0 Å². The highest BCUT2D eigenvalue weighted by atomic mass is 35.5. The maximum atomic E-state index is 12.5. The zero-order valence-corrected chi connectivity index (χ0v) is 17.4. The summed E-state index contributed by atoms with van der Waals surface area (Å²) in [6.45, 7) is 4.27. The summed E-state index contributed by atoms with van der Waals surface area (Å²) in [5.41, 5.74) is 0.487. The number of halogens is 1. The van der Waals surface area contributed by atoms with Crippen molar-refractivity contribution in [3.8, 4) is 11.5 Å². The second-order valence-electron chi connectivity index (χ2n) is 6.71. The van der Waals surface area contributed by atoms with Crippen LogP contribution in [0.25, 0.3) is 0 Å². The quantitative estimate of drug-likeness (QED) is 0.772. The number of carbonyl (C=O) groups excluding carboxylic acids is 2. The molecule has 1 fully saturated rings. The van der Waals surface area contributed by atoms with E-state index in [2.05, 4.69) is 5.32 Å². The van der Waals surface area contributed by atoms with Gasteiger partial charge >= 0.3 is 0 Å². The number of rotatable bonds is 6. The SMILES string of the molecule is COc1cc(NC(=O)CN2CCN(C(=O)c3ccc(C)o3)CC2)c(OC)cc1Cl. The third-order valence-corrected chi connectivity index (χ3v) is 5.02. The Morgan fingerprint density at radius 3 is 2.38 bits per heavy atom. The molecule has 0 bridgehead atoms. The van der Waals surface area contributed by atoms with E-state index in [-0.39, 0.29) is 18.4 Å². The third-order valence-electron chi connectivity index (χ3n) is 4.73. The summed E-state index contributed by atoms with van der Waals surface area (Å²) >= 11 is 6.09. The second kappa shape index (κ2) is 9.19. The maximum Gasteiger partial charge on any atom is 0.289 e. The van der Waals surface area contributed by atoms with Crippen LogP contribution in [0.3, 0.4) is 0 Å². The molecule has 8 nitrogen and oxygen atoms in total. The van der Waals surface area contributed by atoms with E-state index in [9.17, 15) is 9.59 Å². The van der Waals surface area contributed by atoms with Gasteiger partial charge in [-0.3, -0.25) is 14.5 Å². The molecule has 9 heteroatoms. The molecule has 0 saturated carbocycles. The molecule has 2 aromatic rings. The van der Waals surface area contributed by atoms with E-state index in [4.69, 9.17) is 25.5 Å². The highest BCUT2D eigenvalue weighted by molar-refractivity contribution is 6.32. The molecule has 29 heavy (non-hydrogen) atoms. The molecule has 0 atom stereocenters. The van der Waals surface area contributed by atoms with E-state index in [1.807, 2.05) is 4.90 Å². The summed E-state index contributed by atoms with van der Waals surface area (Å²) in [5, 5.41) is 3.23. The lowest BCUT2D eigenvalue weighted by molar-refractivity contribution is -0.117. The molecule has 156 valence electrons. The summed E-state index contributed by atoms with van der Waals surface area (Å²) in [7, 11) is 3.01. The lowest BCUT2D eigenvalue weighted by Crippen LogP contribution is -2.50. The number of aryl methyl sites for hydroxylation is 1. The Hall–Kier alpha value is -2.71. The minimum atomic E-state index is -0.186. The van der Waals surface area contributed by atoms with Crippen molar-refractivity contribution in [3.05, 3.63) is 40.8 Å². The van der Waals surface area contributed by atoms with Crippen molar-refractivity contribution < 1.29 is 23.5 Å². The average Bonchev–Trinajstić information content (AvgIpc) is 3.15. The number of carbonyl (C=O) groups is 2. The lowest BCUT2D eigenvalue weighted by atomic mass is 10.2. The predicted molar refractivity (Wildman–Crippen MR) is 109 cm³/mol. The number of furan rings is 1. The van der Waals surface area contributed by atoms with Gasteiger partial charge in [-0.1, -0.05) is 11.6 Å². The zero-order valence-electron chi connectivity index (χ0n) is 16.7. The Bertz CT molecular complexity index is 890. The van der Waals surface area contributed by atoms with Crippen LogP contribution in [0.2, 0.25) is 5.02 Å². The molecule has 0 aliphatic carbocycles. The highest BCUT2D eigenvalue weighted by Gasteiger charge is 2.25. The number of methoxy groups -OCH3 is 2. The normalized spacial score (nSPS) is 14.6. The fourth-order valence-electron chi connectivity index (χ4n) is 3.17. The van der Waals surface area contributed by atoms with Crippen molar-refractivity contribution in [2.75, 3.05) is 52.3 Å². The molecule has 3 rings (SSSR count). The number of benzene rings is 1. The number of nitrogens with zero attached hydrogens (tertiary/aromatic N) is 2. The summed E-state index contributed by atoms with van der Waals surface area (Å²) < 4.78 is 15.9. The summed E-state index contributed by atoms with van der Waals surface area (Å²) in [6, 6.07) is 6.68. The van der Waals surface area contributed by atoms with Gasteiger partial charge in [0.05, 0.1) is 31.5 Å².